The van der Waals surface area contributed by atoms with E-state index in [4.69, 9.17) is 11.6 Å². The fourth-order valence-corrected chi connectivity index (χ4v) is 3.01. The Morgan fingerprint density at radius 1 is 1.31 bits per heavy atom. The van der Waals surface area contributed by atoms with Crippen LogP contribution in [-0.2, 0) is 10.0 Å². The molecule has 0 heterocycles. The second kappa shape index (κ2) is 6.66. The van der Waals surface area contributed by atoms with Crippen molar-refractivity contribution in [2.24, 2.45) is 0 Å². The summed E-state index contributed by atoms with van der Waals surface area (Å²) in [4.78, 5) is 0. The molecule has 16 heavy (non-hydrogen) atoms. The lowest BCUT2D eigenvalue weighted by Crippen LogP contribution is -2.34. The van der Waals surface area contributed by atoms with Gasteiger partial charge in [0.2, 0.25) is 10.0 Å². The largest absolute Gasteiger partial charge is 0.389 e. The maximum atomic E-state index is 11.8. The predicted octanol–water partition coefficient (Wildman–Crippen LogP) is 2.22. The third-order valence-electron chi connectivity index (χ3n) is 1.94. The molecule has 0 rings (SSSR count). The van der Waals surface area contributed by atoms with E-state index >= 15 is 0 Å². The van der Waals surface area contributed by atoms with Gasteiger partial charge in [0.05, 0.1) is 5.75 Å². The first-order valence-electron chi connectivity index (χ1n) is 4.83. The number of rotatable bonds is 7. The Balaban J connectivity index is 4.23. The highest BCUT2D eigenvalue weighted by Crippen LogP contribution is 2.22. The normalized spacial score (nSPS) is 13.4. The first-order chi connectivity index (χ1) is 7.23. The van der Waals surface area contributed by atoms with Crippen LogP contribution in [0.15, 0.2) is 0 Å². The highest BCUT2D eigenvalue weighted by molar-refractivity contribution is 7.89. The first kappa shape index (κ1) is 16.0. The summed E-state index contributed by atoms with van der Waals surface area (Å²) in [5.41, 5.74) is 0. The van der Waals surface area contributed by atoms with Crippen LogP contribution in [0, 0.1) is 0 Å². The number of hydrogen-bond donors (Lipinski definition) is 0. The van der Waals surface area contributed by atoms with Crippen LogP contribution in [0.25, 0.3) is 0 Å². The van der Waals surface area contributed by atoms with Crippen LogP contribution in [0.2, 0.25) is 0 Å². The van der Waals surface area contributed by atoms with Crippen molar-refractivity contribution in [2.45, 2.75) is 25.9 Å². The average Bonchev–Trinajstić information content (AvgIpc) is 2.11. The van der Waals surface area contributed by atoms with E-state index in [0.29, 0.717) is 0 Å². The predicted molar refractivity (Wildman–Crippen MR) is 57.0 cm³/mol. The van der Waals surface area contributed by atoms with Gasteiger partial charge in [-0.3, -0.25) is 0 Å². The van der Waals surface area contributed by atoms with E-state index in [2.05, 4.69) is 0 Å². The van der Waals surface area contributed by atoms with Crippen molar-refractivity contribution in [2.75, 3.05) is 24.7 Å². The minimum absolute atomic E-state index is 0.131. The van der Waals surface area contributed by atoms with Gasteiger partial charge < -0.3 is 0 Å². The zero-order valence-electron chi connectivity index (χ0n) is 8.93. The molecule has 0 aromatic rings. The maximum Gasteiger partial charge on any atom is 0.389 e. The molecule has 0 aliphatic carbocycles. The highest BCUT2D eigenvalue weighted by atomic mass is 35.5. The van der Waals surface area contributed by atoms with Gasteiger partial charge in [0.1, 0.15) is 0 Å². The van der Waals surface area contributed by atoms with E-state index in [1.165, 1.54) is 0 Å². The molecule has 0 aromatic carbocycles. The number of alkyl halides is 4. The Morgan fingerprint density at radius 3 is 2.25 bits per heavy atom. The van der Waals surface area contributed by atoms with Gasteiger partial charge in [-0.05, 0) is 6.42 Å². The number of halogens is 4. The molecule has 0 bridgehead atoms. The van der Waals surface area contributed by atoms with Crippen LogP contribution in [-0.4, -0.2) is 43.6 Å². The quantitative estimate of drug-likeness (QED) is 0.671. The summed E-state index contributed by atoms with van der Waals surface area (Å²) < 4.78 is 59.7. The maximum absolute atomic E-state index is 11.8. The van der Waals surface area contributed by atoms with Gasteiger partial charge in [-0.1, -0.05) is 6.92 Å². The van der Waals surface area contributed by atoms with E-state index in [1.54, 1.807) is 6.92 Å². The molecule has 0 N–H and O–H groups in total. The summed E-state index contributed by atoms with van der Waals surface area (Å²) in [6.07, 6.45) is -5.80. The van der Waals surface area contributed by atoms with E-state index in [9.17, 15) is 21.6 Å². The summed E-state index contributed by atoms with van der Waals surface area (Å²) >= 11 is 5.40. The smallest absolute Gasteiger partial charge is 0.212 e. The second-order valence-electron chi connectivity index (χ2n) is 3.22. The Hall–Kier alpha value is -0.0100. The fraction of sp³-hybridized carbons (Fsp3) is 1.00. The molecule has 0 amide bonds. The highest BCUT2D eigenvalue weighted by Gasteiger charge is 2.28. The van der Waals surface area contributed by atoms with Crippen molar-refractivity contribution in [1.82, 2.24) is 4.31 Å². The van der Waals surface area contributed by atoms with Crippen molar-refractivity contribution in [3.05, 3.63) is 0 Å². The van der Waals surface area contributed by atoms with E-state index < -0.39 is 34.8 Å². The van der Waals surface area contributed by atoms with Crippen LogP contribution in [0.1, 0.15) is 19.8 Å². The minimum atomic E-state index is -4.31. The molecule has 0 fully saturated rings. The van der Waals surface area contributed by atoms with Crippen LogP contribution in [0.3, 0.4) is 0 Å². The minimum Gasteiger partial charge on any atom is -0.212 e. The van der Waals surface area contributed by atoms with Gasteiger partial charge in [-0.2, -0.15) is 13.2 Å². The average molecular weight is 282 g/mol. The second-order valence-corrected chi connectivity index (χ2v) is 5.68. The van der Waals surface area contributed by atoms with Crippen molar-refractivity contribution in [3.63, 3.8) is 0 Å². The molecule has 0 saturated carbocycles. The Morgan fingerprint density at radius 2 is 1.88 bits per heavy atom. The number of sulfonamides is 1. The molecule has 0 aliphatic rings. The van der Waals surface area contributed by atoms with Crippen LogP contribution >= 0.6 is 11.6 Å². The molecule has 0 saturated heterocycles. The molecule has 0 aliphatic heterocycles. The van der Waals surface area contributed by atoms with Crippen LogP contribution < -0.4 is 0 Å². The summed E-state index contributed by atoms with van der Waals surface area (Å²) in [5, 5.41) is 0. The molecule has 0 unspecified atom stereocenters. The summed E-state index contributed by atoms with van der Waals surface area (Å²) in [5.74, 6) is -0.358. The lowest BCUT2D eigenvalue weighted by molar-refractivity contribution is -0.134. The number of nitrogens with zero attached hydrogens (tertiary/aromatic N) is 1. The molecule has 0 aromatic heterocycles. The summed E-state index contributed by atoms with van der Waals surface area (Å²) in [6, 6.07) is 0. The third kappa shape index (κ3) is 6.55. The van der Waals surface area contributed by atoms with Gasteiger partial charge >= 0.3 is 6.18 Å². The van der Waals surface area contributed by atoms with Crippen LogP contribution in [0.4, 0.5) is 13.2 Å². The molecule has 3 nitrogen and oxygen atoms in total. The third-order valence-corrected chi connectivity index (χ3v) is 4.14. The van der Waals surface area contributed by atoms with E-state index in [0.717, 1.165) is 4.31 Å². The lowest BCUT2D eigenvalue weighted by atomic mass is 10.3. The standard InChI is InChI=1S/C8H15ClF3NO2S/c1-2-13(6-5-9)16(14,15)7-3-4-8(10,11)12/h2-7H2,1H3. The molecule has 0 atom stereocenters. The molecule has 0 spiro atoms. The summed E-state index contributed by atoms with van der Waals surface area (Å²) in [7, 11) is -3.61. The Kier molecular flexibility index (Phi) is 6.65. The van der Waals surface area contributed by atoms with Crippen LogP contribution in [0.5, 0.6) is 0 Å². The van der Waals surface area contributed by atoms with Gasteiger partial charge in [0, 0.05) is 25.4 Å². The van der Waals surface area contributed by atoms with E-state index in [1.807, 2.05) is 0 Å². The molecular formula is C8H15ClF3NO2S. The molecule has 98 valence electrons. The van der Waals surface area contributed by atoms with Crippen molar-refractivity contribution >= 4 is 21.6 Å². The van der Waals surface area contributed by atoms with Gasteiger partial charge in [0.25, 0.3) is 0 Å². The van der Waals surface area contributed by atoms with E-state index in [-0.39, 0.29) is 19.0 Å². The van der Waals surface area contributed by atoms with Gasteiger partial charge in [0.15, 0.2) is 0 Å². The zero-order valence-corrected chi connectivity index (χ0v) is 10.5. The number of hydrogen-bond acceptors (Lipinski definition) is 2. The molecule has 0 radical (unpaired) electrons. The SMILES string of the molecule is CCN(CCCl)S(=O)(=O)CCCC(F)(F)F. The van der Waals surface area contributed by atoms with Gasteiger partial charge in [-0.15, -0.1) is 11.6 Å². The Bertz CT molecular complexity index is 292. The molecular weight excluding hydrogens is 267 g/mol. The van der Waals surface area contributed by atoms with Crippen molar-refractivity contribution in [3.8, 4) is 0 Å². The van der Waals surface area contributed by atoms with Crippen molar-refractivity contribution in [1.29, 1.82) is 0 Å². The zero-order chi connectivity index (χ0) is 12.8. The monoisotopic (exact) mass is 281 g/mol. The lowest BCUT2D eigenvalue weighted by Gasteiger charge is -2.19. The fourth-order valence-electron chi connectivity index (χ4n) is 1.17. The Labute approximate surface area is 98.6 Å². The van der Waals surface area contributed by atoms with Gasteiger partial charge in [-0.25, -0.2) is 12.7 Å². The molecule has 8 heteroatoms. The first-order valence-corrected chi connectivity index (χ1v) is 6.98. The van der Waals surface area contributed by atoms with Crippen molar-refractivity contribution < 1.29 is 21.6 Å². The topological polar surface area (TPSA) is 37.4 Å². The summed E-state index contributed by atoms with van der Waals surface area (Å²) in [6.45, 7) is 1.97.